The van der Waals surface area contributed by atoms with Crippen molar-refractivity contribution >= 4 is 27.1 Å². The molecule has 3 aromatic rings. The highest BCUT2D eigenvalue weighted by Crippen LogP contribution is 2.31. The van der Waals surface area contributed by atoms with Crippen LogP contribution < -0.4 is 0 Å². The summed E-state index contributed by atoms with van der Waals surface area (Å²) in [6.45, 7) is 0.398. The normalized spacial score (nSPS) is 15.0. The number of amides is 1. The van der Waals surface area contributed by atoms with Gasteiger partial charge in [-0.1, -0.05) is 31.0 Å². The van der Waals surface area contributed by atoms with Crippen LogP contribution in [0.2, 0.25) is 0 Å². The Hall–Kier alpha value is -2.38. The molecule has 1 aromatic carbocycles. The van der Waals surface area contributed by atoms with Crippen LogP contribution in [0.25, 0.3) is 0 Å². The lowest BCUT2D eigenvalue weighted by molar-refractivity contribution is 0.0654. The number of furan rings is 1. The number of hydrogen-bond donors (Lipinski definition) is 0. The van der Waals surface area contributed by atoms with E-state index in [0.29, 0.717) is 11.4 Å². The Balaban J connectivity index is 1.61. The van der Waals surface area contributed by atoms with Crippen molar-refractivity contribution in [1.82, 2.24) is 4.90 Å². The first kappa shape index (κ1) is 19.0. The summed E-state index contributed by atoms with van der Waals surface area (Å²) in [6, 6.07) is 15.3. The molecule has 7 heteroatoms. The molecule has 1 fully saturated rings. The van der Waals surface area contributed by atoms with Crippen molar-refractivity contribution in [2.45, 2.75) is 47.4 Å². The Kier molecular flexibility index (Phi) is 5.37. The number of carbonyl (C=O) groups is 1. The molecule has 0 radical (unpaired) electrons. The Labute approximate surface area is 168 Å². The molecule has 28 heavy (non-hydrogen) atoms. The molecule has 4 rings (SSSR count). The zero-order valence-corrected chi connectivity index (χ0v) is 16.9. The summed E-state index contributed by atoms with van der Waals surface area (Å²) in [7, 11) is -3.62. The minimum Gasteiger partial charge on any atom is -0.467 e. The molecule has 1 amide bonds. The molecule has 1 aliphatic carbocycles. The molecular formula is C21H21NO4S2. The molecule has 146 valence electrons. The predicted octanol–water partition coefficient (Wildman–Crippen LogP) is 4.76. The smallest absolute Gasteiger partial charge is 0.264 e. The standard InChI is InChI=1S/C21H21NO4S2/c23-21(22(16-7-4-5-8-16)15-17-9-6-14-26-17)19-12-13-20(27-19)28(24,25)18-10-2-1-3-11-18/h1-3,6,9-14,16H,4-5,7-8,15H2. The first-order valence-electron chi connectivity index (χ1n) is 9.29. The highest BCUT2D eigenvalue weighted by atomic mass is 32.2. The first-order valence-corrected chi connectivity index (χ1v) is 11.6. The zero-order chi connectivity index (χ0) is 19.6. The van der Waals surface area contributed by atoms with Crippen LogP contribution in [-0.2, 0) is 16.4 Å². The maximum absolute atomic E-state index is 13.2. The zero-order valence-electron chi connectivity index (χ0n) is 15.3. The van der Waals surface area contributed by atoms with E-state index in [1.54, 1.807) is 42.7 Å². The van der Waals surface area contributed by atoms with Gasteiger partial charge in [-0.05, 0) is 49.2 Å². The topological polar surface area (TPSA) is 67.6 Å². The number of benzene rings is 1. The predicted molar refractivity (Wildman–Crippen MR) is 107 cm³/mol. The molecular weight excluding hydrogens is 394 g/mol. The van der Waals surface area contributed by atoms with Crippen LogP contribution in [0.3, 0.4) is 0 Å². The Bertz CT molecular complexity index is 1030. The summed E-state index contributed by atoms with van der Waals surface area (Å²) in [5.41, 5.74) is 0. The van der Waals surface area contributed by atoms with Crippen molar-refractivity contribution in [3.8, 4) is 0 Å². The molecule has 5 nitrogen and oxygen atoms in total. The van der Waals surface area contributed by atoms with Crippen molar-refractivity contribution in [3.63, 3.8) is 0 Å². The Morgan fingerprint density at radius 2 is 1.79 bits per heavy atom. The maximum atomic E-state index is 13.2. The van der Waals surface area contributed by atoms with Gasteiger partial charge in [0, 0.05) is 6.04 Å². The van der Waals surface area contributed by atoms with E-state index in [4.69, 9.17) is 4.42 Å². The third-order valence-electron chi connectivity index (χ3n) is 5.04. The molecule has 0 N–H and O–H groups in total. The van der Waals surface area contributed by atoms with Gasteiger partial charge >= 0.3 is 0 Å². The average molecular weight is 416 g/mol. The number of thiophene rings is 1. The summed E-state index contributed by atoms with van der Waals surface area (Å²) in [4.78, 5) is 15.7. The van der Waals surface area contributed by atoms with E-state index in [9.17, 15) is 13.2 Å². The highest BCUT2D eigenvalue weighted by Gasteiger charge is 2.30. The van der Waals surface area contributed by atoms with Crippen molar-refractivity contribution in [2.75, 3.05) is 0 Å². The molecule has 0 spiro atoms. The van der Waals surface area contributed by atoms with E-state index in [-0.39, 0.29) is 21.1 Å². The molecule has 0 saturated heterocycles. The van der Waals surface area contributed by atoms with E-state index in [1.807, 2.05) is 17.0 Å². The minimum atomic E-state index is -3.62. The second kappa shape index (κ2) is 7.93. The number of nitrogens with zero attached hydrogens (tertiary/aromatic N) is 1. The molecule has 0 atom stereocenters. The summed E-state index contributed by atoms with van der Waals surface area (Å²) in [5.74, 6) is 0.594. The molecule has 2 aromatic heterocycles. The van der Waals surface area contributed by atoms with Crippen LogP contribution in [0.1, 0.15) is 41.1 Å². The van der Waals surface area contributed by atoms with Gasteiger partial charge in [0.05, 0.1) is 22.6 Å². The third-order valence-corrected chi connectivity index (χ3v) is 8.38. The van der Waals surface area contributed by atoms with Crippen LogP contribution in [0.4, 0.5) is 0 Å². The van der Waals surface area contributed by atoms with Gasteiger partial charge in [-0.2, -0.15) is 0 Å². The van der Waals surface area contributed by atoms with Crippen molar-refractivity contribution in [1.29, 1.82) is 0 Å². The van der Waals surface area contributed by atoms with Gasteiger partial charge in [0.1, 0.15) is 9.97 Å². The van der Waals surface area contributed by atoms with Crippen molar-refractivity contribution in [2.24, 2.45) is 0 Å². The van der Waals surface area contributed by atoms with Gasteiger partial charge in [0.25, 0.3) is 5.91 Å². The number of carbonyl (C=O) groups excluding carboxylic acids is 1. The highest BCUT2D eigenvalue weighted by molar-refractivity contribution is 7.93. The van der Waals surface area contributed by atoms with Crippen LogP contribution in [0.15, 0.2) is 74.4 Å². The lowest BCUT2D eigenvalue weighted by Gasteiger charge is -2.27. The number of rotatable bonds is 6. The molecule has 1 aliphatic rings. The summed E-state index contributed by atoms with van der Waals surface area (Å²) >= 11 is 1.03. The van der Waals surface area contributed by atoms with E-state index < -0.39 is 9.84 Å². The summed E-state index contributed by atoms with van der Waals surface area (Å²) in [6.07, 6.45) is 5.73. The monoisotopic (exact) mass is 415 g/mol. The summed E-state index contributed by atoms with van der Waals surface area (Å²) in [5, 5.41) is 0. The van der Waals surface area contributed by atoms with Crippen LogP contribution in [0.5, 0.6) is 0 Å². The van der Waals surface area contributed by atoms with E-state index >= 15 is 0 Å². The largest absolute Gasteiger partial charge is 0.467 e. The number of sulfone groups is 1. The fourth-order valence-corrected chi connectivity index (χ4v) is 6.28. The van der Waals surface area contributed by atoms with Gasteiger partial charge in [0.2, 0.25) is 9.84 Å². The SMILES string of the molecule is O=C(c1ccc(S(=O)(=O)c2ccccc2)s1)N(Cc1ccco1)C1CCCC1. The van der Waals surface area contributed by atoms with Crippen molar-refractivity contribution < 1.29 is 17.6 Å². The van der Waals surface area contributed by atoms with E-state index in [1.165, 1.54) is 6.07 Å². The minimum absolute atomic E-state index is 0.136. The van der Waals surface area contributed by atoms with Gasteiger partial charge in [-0.25, -0.2) is 8.42 Å². The second-order valence-electron chi connectivity index (χ2n) is 6.89. The summed E-state index contributed by atoms with van der Waals surface area (Å²) < 4.78 is 31.3. The lowest BCUT2D eigenvalue weighted by atomic mass is 10.2. The van der Waals surface area contributed by atoms with Crippen molar-refractivity contribution in [3.05, 3.63) is 71.5 Å². The molecule has 0 aliphatic heterocycles. The fraction of sp³-hybridized carbons (Fsp3) is 0.286. The molecule has 0 unspecified atom stereocenters. The second-order valence-corrected chi connectivity index (χ2v) is 10.1. The Morgan fingerprint density at radius 1 is 1.04 bits per heavy atom. The van der Waals surface area contributed by atoms with Crippen LogP contribution >= 0.6 is 11.3 Å². The quantitative estimate of drug-likeness (QED) is 0.582. The van der Waals surface area contributed by atoms with Gasteiger partial charge in [-0.15, -0.1) is 11.3 Å². The van der Waals surface area contributed by atoms with E-state index in [2.05, 4.69) is 0 Å². The van der Waals surface area contributed by atoms with Crippen LogP contribution in [0, 0.1) is 0 Å². The molecule has 0 bridgehead atoms. The fourth-order valence-electron chi connectivity index (χ4n) is 3.59. The van der Waals surface area contributed by atoms with Gasteiger partial charge < -0.3 is 9.32 Å². The lowest BCUT2D eigenvalue weighted by Crippen LogP contribution is -2.37. The van der Waals surface area contributed by atoms with Gasteiger partial charge in [0.15, 0.2) is 0 Å². The number of hydrogen-bond acceptors (Lipinski definition) is 5. The first-order chi connectivity index (χ1) is 13.6. The third kappa shape index (κ3) is 3.77. The molecule has 1 saturated carbocycles. The van der Waals surface area contributed by atoms with Gasteiger partial charge in [-0.3, -0.25) is 4.79 Å². The Morgan fingerprint density at radius 3 is 2.46 bits per heavy atom. The average Bonchev–Trinajstić information content (AvgIpc) is 3.49. The van der Waals surface area contributed by atoms with E-state index in [0.717, 1.165) is 42.8 Å². The van der Waals surface area contributed by atoms with Crippen LogP contribution in [-0.4, -0.2) is 25.3 Å². The maximum Gasteiger partial charge on any atom is 0.264 e. The molecule has 2 heterocycles.